The van der Waals surface area contributed by atoms with Gasteiger partial charge in [0.15, 0.2) is 0 Å². The number of hydrogen-bond acceptors (Lipinski definition) is 3. The Bertz CT molecular complexity index is 570. The van der Waals surface area contributed by atoms with Crippen molar-refractivity contribution in [2.75, 3.05) is 7.05 Å². The Kier molecular flexibility index (Phi) is 4.74. The van der Waals surface area contributed by atoms with Crippen LogP contribution in [-0.2, 0) is 17.9 Å². The highest BCUT2D eigenvalue weighted by atomic mass is 16.4. The van der Waals surface area contributed by atoms with Crippen LogP contribution in [0.2, 0.25) is 0 Å². The number of furan rings is 1. The molecule has 1 aromatic heterocycles. The van der Waals surface area contributed by atoms with Crippen molar-refractivity contribution < 1.29 is 14.3 Å². The molecule has 0 saturated heterocycles. The van der Waals surface area contributed by atoms with Gasteiger partial charge in [0.05, 0.1) is 12.5 Å². The Morgan fingerprint density at radius 3 is 2.50 bits per heavy atom. The molecule has 0 bridgehead atoms. The third-order valence-corrected chi connectivity index (χ3v) is 2.88. The van der Waals surface area contributed by atoms with E-state index >= 15 is 0 Å². The molecule has 0 saturated carbocycles. The second-order valence-electron chi connectivity index (χ2n) is 4.72. The minimum atomic E-state index is -0.936. The topological polar surface area (TPSA) is 53.7 Å². The molecule has 1 N–H and O–H groups in total. The van der Waals surface area contributed by atoms with Gasteiger partial charge in [-0.15, -0.1) is 0 Å². The van der Waals surface area contributed by atoms with Crippen LogP contribution in [0, 0.1) is 0 Å². The first kappa shape index (κ1) is 14.1. The summed E-state index contributed by atoms with van der Waals surface area (Å²) >= 11 is 0. The molecule has 1 aromatic carbocycles. The van der Waals surface area contributed by atoms with Crippen molar-refractivity contribution in [1.29, 1.82) is 0 Å². The molecule has 20 heavy (non-hydrogen) atoms. The summed E-state index contributed by atoms with van der Waals surface area (Å²) < 4.78 is 5.05. The highest BCUT2D eigenvalue weighted by Gasteiger charge is 2.02. The standard InChI is InChI=1S/C16H17NO3/c1-17(11-15-8-9-20-12-15)10-14-4-2-13(3-5-14)6-7-16(18)19/h2-9,12H,10-11H2,1H3,(H,18,19). The van der Waals surface area contributed by atoms with Crippen LogP contribution in [0.5, 0.6) is 0 Å². The quantitative estimate of drug-likeness (QED) is 0.821. The molecule has 0 aliphatic carbocycles. The molecule has 2 rings (SSSR count). The summed E-state index contributed by atoms with van der Waals surface area (Å²) in [4.78, 5) is 12.6. The summed E-state index contributed by atoms with van der Waals surface area (Å²) in [6.07, 6.45) is 6.14. The van der Waals surface area contributed by atoms with Gasteiger partial charge in [-0.3, -0.25) is 4.90 Å². The van der Waals surface area contributed by atoms with E-state index in [0.29, 0.717) is 0 Å². The Hall–Kier alpha value is -2.33. The van der Waals surface area contributed by atoms with Crippen LogP contribution in [0.3, 0.4) is 0 Å². The van der Waals surface area contributed by atoms with Gasteiger partial charge < -0.3 is 9.52 Å². The lowest BCUT2D eigenvalue weighted by Gasteiger charge is -2.15. The van der Waals surface area contributed by atoms with Crippen LogP contribution in [0.4, 0.5) is 0 Å². The first-order valence-electron chi connectivity index (χ1n) is 6.33. The van der Waals surface area contributed by atoms with E-state index < -0.39 is 5.97 Å². The van der Waals surface area contributed by atoms with Crippen LogP contribution in [0.15, 0.2) is 53.4 Å². The van der Waals surface area contributed by atoms with Gasteiger partial charge in [0.2, 0.25) is 0 Å². The van der Waals surface area contributed by atoms with Gasteiger partial charge in [-0.2, -0.15) is 0 Å². The predicted octanol–water partition coefficient (Wildman–Crippen LogP) is 3.01. The van der Waals surface area contributed by atoms with Crippen molar-refractivity contribution in [1.82, 2.24) is 4.90 Å². The highest BCUT2D eigenvalue weighted by Crippen LogP contribution is 2.11. The average Bonchev–Trinajstić information content (AvgIpc) is 2.90. The highest BCUT2D eigenvalue weighted by molar-refractivity contribution is 5.85. The van der Waals surface area contributed by atoms with E-state index in [4.69, 9.17) is 9.52 Å². The Morgan fingerprint density at radius 1 is 1.20 bits per heavy atom. The molecule has 1 heterocycles. The molecular formula is C16H17NO3. The van der Waals surface area contributed by atoms with E-state index in [0.717, 1.165) is 30.3 Å². The minimum Gasteiger partial charge on any atom is -0.478 e. The van der Waals surface area contributed by atoms with Crippen molar-refractivity contribution in [2.24, 2.45) is 0 Å². The maximum atomic E-state index is 10.4. The van der Waals surface area contributed by atoms with Crippen LogP contribution < -0.4 is 0 Å². The predicted molar refractivity (Wildman–Crippen MR) is 77.0 cm³/mol. The number of rotatable bonds is 6. The van der Waals surface area contributed by atoms with Gasteiger partial charge in [0.1, 0.15) is 0 Å². The van der Waals surface area contributed by atoms with Gasteiger partial charge in [-0.1, -0.05) is 24.3 Å². The second-order valence-corrected chi connectivity index (χ2v) is 4.72. The van der Waals surface area contributed by atoms with Crippen LogP contribution in [0.25, 0.3) is 6.08 Å². The number of hydrogen-bond donors (Lipinski definition) is 1. The maximum absolute atomic E-state index is 10.4. The molecule has 4 heteroatoms. The molecule has 0 amide bonds. The summed E-state index contributed by atoms with van der Waals surface area (Å²) in [5, 5.41) is 8.57. The van der Waals surface area contributed by atoms with Crippen molar-refractivity contribution in [2.45, 2.75) is 13.1 Å². The van der Waals surface area contributed by atoms with Crippen LogP contribution >= 0.6 is 0 Å². The summed E-state index contributed by atoms with van der Waals surface area (Å²) in [6, 6.07) is 9.80. The van der Waals surface area contributed by atoms with Crippen LogP contribution in [-0.4, -0.2) is 23.0 Å². The van der Waals surface area contributed by atoms with E-state index in [9.17, 15) is 4.79 Å². The van der Waals surface area contributed by atoms with Crippen LogP contribution in [0.1, 0.15) is 16.7 Å². The number of carboxylic acids is 1. The van der Waals surface area contributed by atoms with Gasteiger partial charge in [0.25, 0.3) is 0 Å². The SMILES string of the molecule is CN(Cc1ccc(C=CC(=O)O)cc1)Cc1ccoc1. The monoisotopic (exact) mass is 271 g/mol. The third kappa shape index (κ3) is 4.40. The molecule has 4 nitrogen and oxygen atoms in total. The van der Waals surface area contributed by atoms with Crippen molar-refractivity contribution in [3.8, 4) is 0 Å². The molecule has 0 radical (unpaired) electrons. The Balaban J connectivity index is 1.91. The fraction of sp³-hybridized carbons (Fsp3) is 0.188. The molecular weight excluding hydrogens is 254 g/mol. The zero-order valence-corrected chi connectivity index (χ0v) is 11.3. The maximum Gasteiger partial charge on any atom is 0.328 e. The van der Waals surface area contributed by atoms with E-state index in [1.54, 1.807) is 18.6 Å². The van der Waals surface area contributed by atoms with Crippen molar-refractivity contribution in [3.63, 3.8) is 0 Å². The fourth-order valence-corrected chi connectivity index (χ4v) is 1.96. The fourth-order valence-electron chi connectivity index (χ4n) is 1.96. The smallest absolute Gasteiger partial charge is 0.328 e. The van der Waals surface area contributed by atoms with Crippen molar-refractivity contribution >= 4 is 12.0 Å². The van der Waals surface area contributed by atoms with Gasteiger partial charge in [-0.05, 0) is 30.3 Å². The molecule has 0 atom stereocenters. The zero-order valence-electron chi connectivity index (χ0n) is 11.3. The lowest BCUT2D eigenvalue weighted by atomic mass is 10.1. The van der Waals surface area contributed by atoms with E-state index in [1.807, 2.05) is 37.4 Å². The molecule has 104 valence electrons. The zero-order chi connectivity index (χ0) is 14.4. The minimum absolute atomic E-state index is 0.827. The summed E-state index contributed by atoms with van der Waals surface area (Å²) in [7, 11) is 2.05. The van der Waals surface area contributed by atoms with E-state index in [1.165, 1.54) is 5.56 Å². The Labute approximate surface area is 117 Å². The third-order valence-electron chi connectivity index (χ3n) is 2.88. The van der Waals surface area contributed by atoms with Gasteiger partial charge in [-0.25, -0.2) is 4.79 Å². The number of nitrogens with zero attached hydrogens (tertiary/aromatic N) is 1. The second kappa shape index (κ2) is 6.73. The Morgan fingerprint density at radius 2 is 1.90 bits per heavy atom. The molecule has 2 aromatic rings. The van der Waals surface area contributed by atoms with Gasteiger partial charge in [0, 0.05) is 24.7 Å². The lowest BCUT2D eigenvalue weighted by Crippen LogP contribution is -2.16. The molecule has 0 fully saturated rings. The normalized spacial score (nSPS) is 11.3. The first-order valence-corrected chi connectivity index (χ1v) is 6.33. The molecule has 0 aliphatic heterocycles. The molecule has 0 unspecified atom stereocenters. The number of carboxylic acid groups (broad SMARTS) is 1. The summed E-state index contributed by atoms with van der Waals surface area (Å²) in [5.41, 5.74) is 3.21. The number of aliphatic carboxylic acids is 1. The number of benzene rings is 1. The largest absolute Gasteiger partial charge is 0.478 e. The number of carbonyl (C=O) groups is 1. The molecule has 0 spiro atoms. The van der Waals surface area contributed by atoms with E-state index in [-0.39, 0.29) is 0 Å². The lowest BCUT2D eigenvalue weighted by molar-refractivity contribution is -0.131. The summed E-state index contributed by atoms with van der Waals surface area (Å²) in [5.74, 6) is -0.936. The first-order chi connectivity index (χ1) is 9.63. The summed E-state index contributed by atoms with van der Waals surface area (Å²) in [6.45, 7) is 1.66. The van der Waals surface area contributed by atoms with Crippen molar-refractivity contribution in [3.05, 3.63) is 65.6 Å². The van der Waals surface area contributed by atoms with Gasteiger partial charge >= 0.3 is 5.97 Å². The average molecular weight is 271 g/mol. The molecule has 0 aliphatic rings. The van der Waals surface area contributed by atoms with E-state index in [2.05, 4.69) is 4.90 Å².